The molecule has 1 amide bonds. The molecule has 1 heterocycles. The summed E-state index contributed by atoms with van der Waals surface area (Å²) in [6.07, 6.45) is 1.92. The van der Waals surface area contributed by atoms with Crippen LogP contribution in [0.4, 0.5) is 4.39 Å². The van der Waals surface area contributed by atoms with E-state index >= 15 is 0 Å². The van der Waals surface area contributed by atoms with Crippen molar-refractivity contribution in [3.63, 3.8) is 0 Å². The van der Waals surface area contributed by atoms with Crippen LogP contribution >= 0.6 is 0 Å². The first-order valence-corrected chi connectivity index (χ1v) is 7.37. The van der Waals surface area contributed by atoms with Crippen LogP contribution < -0.4 is 5.32 Å². The van der Waals surface area contributed by atoms with E-state index in [-0.39, 0.29) is 17.8 Å². The average molecular weight is 305 g/mol. The van der Waals surface area contributed by atoms with Gasteiger partial charge < -0.3 is 5.32 Å². The molecule has 0 aliphatic heterocycles. The average Bonchev–Trinajstić information content (AvgIpc) is 2.96. The zero-order chi connectivity index (χ0) is 16.1. The summed E-state index contributed by atoms with van der Waals surface area (Å²) in [6.45, 7) is 5.72. The Kier molecular flexibility index (Phi) is 5.19. The minimum atomic E-state index is -0.575. The number of nitrogens with one attached hydrogen (secondary N) is 1. The van der Waals surface area contributed by atoms with Gasteiger partial charge in [0.15, 0.2) is 0 Å². The fourth-order valence-electron chi connectivity index (χ4n) is 2.11. The molecule has 0 radical (unpaired) electrons. The molecule has 0 saturated carbocycles. The second kappa shape index (κ2) is 7.11. The van der Waals surface area contributed by atoms with E-state index in [2.05, 4.69) is 27.7 Å². The summed E-state index contributed by atoms with van der Waals surface area (Å²) >= 11 is 0. The Morgan fingerprint density at radius 1 is 1.41 bits per heavy atom. The minimum Gasteiger partial charge on any atom is -0.352 e. The number of amides is 1. The molecule has 0 unspecified atom stereocenters. The second-order valence-electron chi connectivity index (χ2n) is 5.32. The van der Waals surface area contributed by atoms with Crippen molar-refractivity contribution in [2.75, 3.05) is 0 Å². The Morgan fingerprint density at radius 3 is 2.86 bits per heavy atom. The lowest BCUT2D eigenvalue weighted by molar-refractivity contribution is -0.125. The highest BCUT2D eigenvalue weighted by Gasteiger charge is 2.20. The van der Waals surface area contributed by atoms with Crippen molar-refractivity contribution in [1.29, 1.82) is 0 Å². The number of aromatic nitrogens is 4. The molecule has 22 heavy (non-hydrogen) atoms. The number of hydrogen-bond acceptors (Lipinski definition) is 4. The van der Waals surface area contributed by atoms with Crippen molar-refractivity contribution in [3.8, 4) is 11.4 Å². The number of rotatable bonds is 6. The topological polar surface area (TPSA) is 72.7 Å². The predicted octanol–water partition coefficient (Wildman–Crippen LogP) is 2.34. The van der Waals surface area contributed by atoms with Crippen LogP contribution in [0, 0.1) is 5.82 Å². The van der Waals surface area contributed by atoms with Crippen molar-refractivity contribution < 1.29 is 9.18 Å². The Balaban J connectivity index is 2.09. The fourth-order valence-corrected chi connectivity index (χ4v) is 2.11. The highest BCUT2D eigenvalue weighted by Crippen LogP contribution is 2.15. The van der Waals surface area contributed by atoms with Gasteiger partial charge in [-0.1, -0.05) is 25.5 Å². The van der Waals surface area contributed by atoms with E-state index in [1.807, 2.05) is 6.92 Å². The molecular formula is C15H20FN5O. The van der Waals surface area contributed by atoms with Crippen molar-refractivity contribution in [2.45, 2.75) is 45.7 Å². The minimum absolute atomic E-state index is 0.103. The maximum atomic E-state index is 13.2. The van der Waals surface area contributed by atoms with E-state index in [0.29, 0.717) is 11.4 Å². The van der Waals surface area contributed by atoms with Gasteiger partial charge in [0.25, 0.3) is 0 Å². The van der Waals surface area contributed by atoms with Crippen molar-refractivity contribution >= 4 is 5.91 Å². The lowest BCUT2D eigenvalue weighted by Crippen LogP contribution is -2.37. The van der Waals surface area contributed by atoms with Gasteiger partial charge in [-0.3, -0.25) is 4.79 Å². The maximum absolute atomic E-state index is 13.2. The molecule has 0 bridgehead atoms. The highest BCUT2D eigenvalue weighted by atomic mass is 19.1. The molecule has 6 nitrogen and oxygen atoms in total. The van der Waals surface area contributed by atoms with E-state index in [9.17, 15) is 9.18 Å². The van der Waals surface area contributed by atoms with Crippen molar-refractivity contribution in [3.05, 3.63) is 30.1 Å². The number of carbonyl (C=O) groups excluding carboxylic acids is 1. The number of benzene rings is 1. The molecule has 2 atom stereocenters. The van der Waals surface area contributed by atoms with E-state index < -0.39 is 6.04 Å². The number of hydrogen-bond donors (Lipinski definition) is 1. The largest absolute Gasteiger partial charge is 0.352 e. The number of tetrazole rings is 1. The summed E-state index contributed by atoms with van der Waals surface area (Å²) in [7, 11) is 0. The van der Waals surface area contributed by atoms with Gasteiger partial charge in [-0.2, -0.15) is 4.80 Å². The molecule has 2 rings (SSSR count). The first kappa shape index (κ1) is 16.1. The van der Waals surface area contributed by atoms with Crippen LogP contribution in [0.25, 0.3) is 11.4 Å². The van der Waals surface area contributed by atoms with Crippen LogP contribution in [0.1, 0.15) is 39.7 Å². The first-order valence-electron chi connectivity index (χ1n) is 7.37. The van der Waals surface area contributed by atoms with Gasteiger partial charge in [0, 0.05) is 11.6 Å². The van der Waals surface area contributed by atoms with Crippen LogP contribution in [-0.2, 0) is 4.79 Å². The SMILES string of the molecule is CCC[C@@H](C)NC(=O)[C@H](C)n1nnc(-c2cccc(F)c2)n1. The molecule has 0 saturated heterocycles. The number of nitrogens with zero attached hydrogens (tertiary/aromatic N) is 4. The van der Waals surface area contributed by atoms with Crippen LogP contribution in [0.3, 0.4) is 0 Å². The van der Waals surface area contributed by atoms with Crippen LogP contribution in [-0.4, -0.2) is 32.2 Å². The summed E-state index contributed by atoms with van der Waals surface area (Å²) in [5.74, 6) is -0.238. The third-order valence-electron chi connectivity index (χ3n) is 3.35. The highest BCUT2D eigenvalue weighted by molar-refractivity contribution is 5.79. The lowest BCUT2D eigenvalue weighted by Gasteiger charge is -2.15. The Bertz CT molecular complexity index is 642. The summed E-state index contributed by atoms with van der Waals surface area (Å²) in [5.41, 5.74) is 0.526. The molecule has 2 aromatic rings. The van der Waals surface area contributed by atoms with Gasteiger partial charge in [0.05, 0.1) is 0 Å². The molecular weight excluding hydrogens is 285 g/mol. The monoisotopic (exact) mass is 305 g/mol. The van der Waals surface area contributed by atoms with Crippen molar-refractivity contribution in [1.82, 2.24) is 25.5 Å². The van der Waals surface area contributed by atoms with Crippen LogP contribution in [0.5, 0.6) is 0 Å². The second-order valence-corrected chi connectivity index (χ2v) is 5.32. The summed E-state index contributed by atoms with van der Waals surface area (Å²) in [5, 5.41) is 14.8. The van der Waals surface area contributed by atoms with Gasteiger partial charge in [0.2, 0.25) is 11.7 Å². The van der Waals surface area contributed by atoms with Gasteiger partial charge in [0.1, 0.15) is 11.9 Å². The molecule has 1 aromatic carbocycles. The zero-order valence-corrected chi connectivity index (χ0v) is 13.0. The predicted molar refractivity (Wildman–Crippen MR) is 80.4 cm³/mol. The first-order chi connectivity index (χ1) is 10.5. The Morgan fingerprint density at radius 2 is 2.18 bits per heavy atom. The van der Waals surface area contributed by atoms with Crippen LogP contribution in [0.15, 0.2) is 24.3 Å². The zero-order valence-electron chi connectivity index (χ0n) is 13.0. The number of carbonyl (C=O) groups is 1. The fraction of sp³-hybridized carbons (Fsp3) is 0.467. The third kappa shape index (κ3) is 3.87. The summed E-state index contributed by atoms with van der Waals surface area (Å²) in [6, 6.07) is 5.47. The van der Waals surface area contributed by atoms with Crippen LogP contribution in [0.2, 0.25) is 0 Å². The standard InChI is InChI=1S/C15H20FN5O/c1-4-6-10(2)17-15(22)11(3)21-19-14(18-20-21)12-7-5-8-13(16)9-12/h5,7-11H,4,6H2,1-3H3,(H,17,22)/t10-,11+/m1/s1. The van der Waals surface area contributed by atoms with E-state index in [1.54, 1.807) is 19.1 Å². The Hall–Kier alpha value is -2.31. The van der Waals surface area contributed by atoms with Gasteiger partial charge in [-0.05, 0) is 37.6 Å². The molecule has 0 aliphatic rings. The van der Waals surface area contributed by atoms with E-state index in [1.165, 1.54) is 16.9 Å². The van der Waals surface area contributed by atoms with E-state index in [4.69, 9.17) is 0 Å². The Labute approximate surface area is 128 Å². The molecule has 0 spiro atoms. The maximum Gasteiger partial charge on any atom is 0.246 e. The molecule has 1 N–H and O–H groups in total. The molecule has 0 aliphatic carbocycles. The molecule has 0 fully saturated rings. The smallest absolute Gasteiger partial charge is 0.246 e. The van der Waals surface area contributed by atoms with Gasteiger partial charge >= 0.3 is 0 Å². The number of halogens is 1. The van der Waals surface area contributed by atoms with E-state index in [0.717, 1.165) is 12.8 Å². The van der Waals surface area contributed by atoms with Gasteiger partial charge in [-0.15, -0.1) is 10.2 Å². The summed E-state index contributed by atoms with van der Waals surface area (Å²) < 4.78 is 13.2. The molecule has 7 heteroatoms. The molecule has 118 valence electrons. The van der Waals surface area contributed by atoms with Crippen molar-refractivity contribution in [2.24, 2.45) is 0 Å². The lowest BCUT2D eigenvalue weighted by atomic mass is 10.2. The van der Waals surface area contributed by atoms with Gasteiger partial charge in [-0.25, -0.2) is 4.39 Å². The quantitative estimate of drug-likeness (QED) is 0.889. The third-order valence-corrected chi connectivity index (χ3v) is 3.35. The molecule has 1 aromatic heterocycles. The normalized spacial score (nSPS) is 13.6. The summed E-state index contributed by atoms with van der Waals surface area (Å²) in [4.78, 5) is 13.4.